The summed E-state index contributed by atoms with van der Waals surface area (Å²) in [4.78, 5) is 37.4. The number of carbonyl (C=O) groups excluding carboxylic acids is 2. The minimum Gasteiger partial charge on any atom is -0.480 e. The summed E-state index contributed by atoms with van der Waals surface area (Å²) < 4.78 is 0. The molecular formula is C20H24N2O4S. The van der Waals surface area contributed by atoms with Crippen molar-refractivity contribution in [2.24, 2.45) is 0 Å². The first-order valence-electron chi connectivity index (χ1n) is 8.75. The molecule has 2 amide bonds. The highest BCUT2D eigenvalue weighted by molar-refractivity contribution is 7.12. The molecule has 0 fully saturated rings. The first-order valence-corrected chi connectivity index (χ1v) is 9.57. The summed E-state index contributed by atoms with van der Waals surface area (Å²) in [6, 6.07) is 7.57. The second-order valence-corrected chi connectivity index (χ2v) is 7.91. The monoisotopic (exact) mass is 388 g/mol. The van der Waals surface area contributed by atoms with Crippen LogP contribution in [0.1, 0.15) is 45.4 Å². The summed E-state index contributed by atoms with van der Waals surface area (Å²) in [5, 5.41) is 14.0. The normalized spacial score (nSPS) is 11.7. The third-order valence-corrected chi connectivity index (χ3v) is 5.15. The fraction of sp³-hybridized carbons (Fsp3) is 0.350. The molecule has 1 aromatic heterocycles. The van der Waals surface area contributed by atoms with Crippen LogP contribution in [0.4, 0.5) is 5.69 Å². The number of thiophene rings is 1. The minimum atomic E-state index is -1.10. The maximum absolute atomic E-state index is 12.1. The van der Waals surface area contributed by atoms with Gasteiger partial charge >= 0.3 is 5.97 Å². The predicted molar refractivity (Wildman–Crippen MR) is 106 cm³/mol. The number of anilines is 1. The molecule has 0 bridgehead atoms. The Morgan fingerprint density at radius 2 is 1.81 bits per heavy atom. The van der Waals surface area contributed by atoms with Crippen molar-refractivity contribution in [3.8, 4) is 0 Å². The van der Waals surface area contributed by atoms with Crippen LogP contribution >= 0.6 is 11.3 Å². The maximum Gasteiger partial charge on any atom is 0.325 e. The molecule has 0 aliphatic heterocycles. The highest BCUT2D eigenvalue weighted by Crippen LogP contribution is 2.22. The first-order chi connectivity index (χ1) is 12.8. The molecule has 0 radical (unpaired) electrons. The van der Waals surface area contributed by atoms with Crippen LogP contribution in [0.5, 0.6) is 0 Å². The molecule has 1 aromatic carbocycles. The molecule has 2 aromatic rings. The quantitative estimate of drug-likeness (QED) is 0.645. The van der Waals surface area contributed by atoms with E-state index in [1.54, 1.807) is 35.6 Å². The van der Waals surface area contributed by atoms with Gasteiger partial charge in [-0.2, -0.15) is 0 Å². The fourth-order valence-electron chi connectivity index (χ4n) is 2.64. The number of aliphatic carboxylic acids is 1. The van der Waals surface area contributed by atoms with Gasteiger partial charge in [0.2, 0.25) is 5.91 Å². The molecule has 27 heavy (non-hydrogen) atoms. The van der Waals surface area contributed by atoms with Crippen molar-refractivity contribution in [1.29, 1.82) is 0 Å². The van der Waals surface area contributed by atoms with Crippen LogP contribution < -0.4 is 10.6 Å². The van der Waals surface area contributed by atoms with Crippen LogP contribution in [0.3, 0.4) is 0 Å². The van der Waals surface area contributed by atoms with Gasteiger partial charge in [0.25, 0.3) is 5.91 Å². The summed E-state index contributed by atoms with van der Waals surface area (Å²) in [6.45, 7) is 5.58. The van der Waals surface area contributed by atoms with Crippen LogP contribution in [0, 0.1) is 13.8 Å². The second kappa shape index (κ2) is 9.32. The SMILES string of the molecule is Cc1cc(CCCC(=O)Nc2ccc(C(=O)NC(C)C(=O)O)cc2)c(C)s1. The third-order valence-electron chi connectivity index (χ3n) is 4.14. The van der Waals surface area contributed by atoms with E-state index in [0.29, 0.717) is 17.7 Å². The lowest BCUT2D eigenvalue weighted by atomic mass is 10.1. The Hall–Kier alpha value is -2.67. The molecule has 0 aliphatic carbocycles. The van der Waals surface area contributed by atoms with Crippen LogP contribution in [-0.4, -0.2) is 28.9 Å². The topological polar surface area (TPSA) is 95.5 Å². The second-order valence-electron chi connectivity index (χ2n) is 6.45. The highest BCUT2D eigenvalue weighted by Gasteiger charge is 2.15. The van der Waals surface area contributed by atoms with E-state index in [4.69, 9.17) is 5.11 Å². The Morgan fingerprint density at radius 3 is 2.37 bits per heavy atom. The summed E-state index contributed by atoms with van der Waals surface area (Å²) >= 11 is 1.77. The number of nitrogens with one attached hydrogen (secondary N) is 2. The van der Waals surface area contributed by atoms with Gasteiger partial charge in [-0.3, -0.25) is 14.4 Å². The number of carboxylic acid groups (broad SMARTS) is 1. The lowest BCUT2D eigenvalue weighted by Gasteiger charge is -2.10. The summed E-state index contributed by atoms with van der Waals surface area (Å²) in [5.74, 6) is -1.64. The summed E-state index contributed by atoms with van der Waals surface area (Å²) in [6.07, 6.45) is 2.08. The van der Waals surface area contributed by atoms with Crippen molar-refractivity contribution in [3.63, 3.8) is 0 Å². The molecular weight excluding hydrogens is 364 g/mol. The molecule has 0 aliphatic rings. The standard InChI is InChI=1S/C20H24N2O4S/c1-12-11-16(14(3)27-12)5-4-6-18(23)22-17-9-7-15(8-10-17)19(24)21-13(2)20(25)26/h7-11,13H,4-6H2,1-3H3,(H,21,24)(H,22,23)(H,25,26). The van der Waals surface area contributed by atoms with E-state index in [1.165, 1.54) is 22.2 Å². The van der Waals surface area contributed by atoms with Crippen LogP contribution in [0.25, 0.3) is 0 Å². The molecule has 1 unspecified atom stereocenters. The van der Waals surface area contributed by atoms with Crippen molar-refractivity contribution in [3.05, 3.63) is 51.2 Å². The number of rotatable bonds is 8. The Morgan fingerprint density at radius 1 is 1.15 bits per heavy atom. The van der Waals surface area contributed by atoms with E-state index >= 15 is 0 Å². The van der Waals surface area contributed by atoms with Gasteiger partial charge in [-0.1, -0.05) is 0 Å². The Balaban J connectivity index is 1.81. The molecule has 2 rings (SSSR count). The number of amides is 2. The third kappa shape index (κ3) is 6.21. The van der Waals surface area contributed by atoms with Gasteiger partial charge in [0.1, 0.15) is 6.04 Å². The van der Waals surface area contributed by atoms with E-state index in [0.717, 1.165) is 12.8 Å². The number of carboxylic acids is 1. The largest absolute Gasteiger partial charge is 0.480 e. The van der Waals surface area contributed by atoms with Crippen LogP contribution in [0.2, 0.25) is 0 Å². The van der Waals surface area contributed by atoms with Crippen LogP contribution in [0.15, 0.2) is 30.3 Å². The number of carbonyl (C=O) groups is 3. The molecule has 1 atom stereocenters. The van der Waals surface area contributed by atoms with Crippen LogP contribution in [-0.2, 0) is 16.0 Å². The lowest BCUT2D eigenvalue weighted by Crippen LogP contribution is -2.38. The van der Waals surface area contributed by atoms with E-state index in [-0.39, 0.29) is 5.91 Å². The first kappa shape index (κ1) is 20.6. The highest BCUT2D eigenvalue weighted by atomic mass is 32.1. The average molecular weight is 388 g/mol. The number of aryl methyl sites for hydroxylation is 3. The number of hydrogen-bond donors (Lipinski definition) is 3. The van der Waals surface area contributed by atoms with Crippen molar-refractivity contribution in [1.82, 2.24) is 5.32 Å². The van der Waals surface area contributed by atoms with Gasteiger partial charge in [-0.05, 0) is 69.5 Å². The van der Waals surface area contributed by atoms with Gasteiger partial charge < -0.3 is 15.7 Å². The van der Waals surface area contributed by atoms with Gasteiger partial charge in [0.05, 0.1) is 0 Å². The zero-order valence-corrected chi connectivity index (χ0v) is 16.5. The predicted octanol–water partition coefficient (Wildman–Crippen LogP) is 3.53. The Kier molecular flexibility index (Phi) is 7.12. The molecule has 0 spiro atoms. The smallest absolute Gasteiger partial charge is 0.325 e. The summed E-state index contributed by atoms with van der Waals surface area (Å²) in [7, 11) is 0. The number of benzene rings is 1. The van der Waals surface area contributed by atoms with E-state index in [9.17, 15) is 14.4 Å². The van der Waals surface area contributed by atoms with E-state index in [1.807, 2.05) is 0 Å². The molecule has 6 nitrogen and oxygen atoms in total. The van der Waals surface area contributed by atoms with Gasteiger partial charge in [-0.25, -0.2) is 0 Å². The zero-order valence-electron chi connectivity index (χ0n) is 15.7. The van der Waals surface area contributed by atoms with Gasteiger partial charge in [0.15, 0.2) is 0 Å². The molecule has 7 heteroatoms. The fourth-order valence-corrected chi connectivity index (χ4v) is 3.62. The van der Waals surface area contributed by atoms with E-state index < -0.39 is 17.9 Å². The van der Waals surface area contributed by atoms with Crippen molar-refractivity contribution < 1.29 is 19.5 Å². The summed E-state index contributed by atoms with van der Waals surface area (Å²) in [5.41, 5.74) is 2.24. The molecule has 0 saturated heterocycles. The van der Waals surface area contributed by atoms with Gasteiger partial charge in [0, 0.05) is 27.4 Å². The zero-order chi connectivity index (χ0) is 20.0. The molecule has 144 valence electrons. The Labute approximate surface area is 162 Å². The Bertz CT molecular complexity index is 827. The van der Waals surface area contributed by atoms with Crippen molar-refractivity contribution in [2.45, 2.75) is 46.1 Å². The molecule has 3 N–H and O–H groups in total. The maximum atomic E-state index is 12.1. The van der Waals surface area contributed by atoms with E-state index in [2.05, 4.69) is 30.5 Å². The minimum absolute atomic E-state index is 0.0729. The number of hydrogen-bond acceptors (Lipinski definition) is 4. The lowest BCUT2D eigenvalue weighted by molar-refractivity contribution is -0.138. The molecule has 1 heterocycles. The van der Waals surface area contributed by atoms with Gasteiger partial charge in [-0.15, -0.1) is 11.3 Å². The molecule has 0 saturated carbocycles. The van der Waals surface area contributed by atoms with Crippen molar-refractivity contribution in [2.75, 3.05) is 5.32 Å². The average Bonchev–Trinajstić information content (AvgIpc) is 2.92. The van der Waals surface area contributed by atoms with Crippen molar-refractivity contribution >= 4 is 34.8 Å².